The van der Waals surface area contributed by atoms with Gasteiger partial charge in [0.05, 0.1) is 18.4 Å². The first-order valence-corrected chi connectivity index (χ1v) is 11.3. The number of nitrogen functional groups attached to an aromatic ring is 1. The number of nitrogens with zero attached hydrogens (tertiary/aromatic N) is 4. The van der Waals surface area contributed by atoms with E-state index >= 15 is 0 Å². The molecule has 1 aliphatic rings. The number of aliphatic carboxylic acids is 1. The van der Waals surface area contributed by atoms with E-state index in [0.717, 1.165) is 5.56 Å². The van der Waals surface area contributed by atoms with Crippen LogP contribution < -0.4 is 16.8 Å². The van der Waals surface area contributed by atoms with Crippen molar-refractivity contribution in [3.05, 3.63) is 42.5 Å². The molecule has 1 amide bonds. The maximum atomic E-state index is 12.7. The van der Waals surface area contributed by atoms with E-state index in [1.165, 1.54) is 29.0 Å². The van der Waals surface area contributed by atoms with Gasteiger partial charge in [-0.3, -0.25) is 9.36 Å². The van der Waals surface area contributed by atoms with E-state index in [9.17, 15) is 24.9 Å². The van der Waals surface area contributed by atoms with Crippen LogP contribution in [0.1, 0.15) is 11.8 Å². The summed E-state index contributed by atoms with van der Waals surface area (Å²) in [7, 11) is 0. The molecule has 3 heterocycles. The Labute approximate surface area is 197 Å². The van der Waals surface area contributed by atoms with Crippen LogP contribution in [0.5, 0.6) is 5.75 Å². The monoisotopic (exact) mass is 489 g/mol. The number of imidazole rings is 1. The normalized spacial score (nSPS) is 23.1. The molecule has 8 N–H and O–H groups in total. The van der Waals surface area contributed by atoms with Crippen LogP contribution >= 0.6 is 11.8 Å². The first-order valence-electron chi connectivity index (χ1n) is 10.2. The number of hydrogen-bond donors (Lipinski definition) is 6. The number of benzene rings is 1. The third kappa shape index (κ3) is 4.75. The van der Waals surface area contributed by atoms with Gasteiger partial charge in [-0.05, 0) is 17.7 Å². The molecular formula is C20H23N7O6S. The van der Waals surface area contributed by atoms with E-state index in [0.29, 0.717) is 5.75 Å². The summed E-state index contributed by atoms with van der Waals surface area (Å²) in [4.78, 5) is 36.4. The number of phenols is 1. The lowest BCUT2D eigenvalue weighted by molar-refractivity contribution is -0.152. The Balaban J connectivity index is 1.42. The van der Waals surface area contributed by atoms with Crippen LogP contribution in [0.15, 0.2) is 36.9 Å². The number of hydrogen-bond acceptors (Lipinski definition) is 11. The van der Waals surface area contributed by atoms with Crippen LogP contribution in [-0.2, 0) is 20.1 Å². The zero-order valence-electron chi connectivity index (χ0n) is 17.7. The average molecular weight is 490 g/mol. The molecule has 0 saturated carbocycles. The van der Waals surface area contributed by atoms with E-state index < -0.39 is 42.4 Å². The van der Waals surface area contributed by atoms with Gasteiger partial charge in [-0.25, -0.2) is 19.7 Å². The number of rotatable bonds is 8. The molecule has 2 aromatic heterocycles. The summed E-state index contributed by atoms with van der Waals surface area (Å²) in [5, 5.41) is 32.3. The van der Waals surface area contributed by atoms with Crippen LogP contribution in [0.3, 0.4) is 0 Å². The van der Waals surface area contributed by atoms with Crippen LogP contribution in [-0.4, -0.2) is 76.8 Å². The zero-order chi connectivity index (χ0) is 24.4. The SMILES string of the molecule is Nc1ncnc2c1ncn2[C@@H]1O[C@H](C(=O)O)[C@@H](NC(=O)C(N)CSCc2ccc(O)cc2)[C@H]1O. The fraction of sp³-hybridized carbons (Fsp3) is 0.350. The van der Waals surface area contributed by atoms with Gasteiger partial charge in [0.2, 0.25) is 5.91 Å². The summed E-state index contributed by atoms with van der Waals surface area (Å²) >= 11 is 1.40. The van der Waals surface area contributed by atoms with Gasteiger partial charge in [0.15, 0.2) is 23.8 Å². The topological polar surface area (TPSA) is 212 Å². The van der Waals surface area contributed by atoms with Crippen molar-refractivity contribution >= 4 is 40.6 Å². The molecule has 4 rings (SSSR count). The first kappa shape index (κ1) is 23.7. The minimum absolute atomic E-state index is 0.117. The Kier molecular flexibility index (Phi) is 6.83. The van der Waals surface area contributed by atoms with Gasteiger partial charge < -0.3 is 36.8 Å². The van der Waals surface area contributed by atoms with Crippen molar-refractivity contribution in [3.8, 4) is 5.75 Å². The number of aliphatic hydroxyl groups excluding tert-OH is 1. The second-order valence-electron chi connectivity index (χ2n) is 7.68. The number of aliphatic hydroxyl groups is 1. The number of thioether (sulfide) groups is 1. The van der Waals surface area contributed by atoms with Crippen molar-refractivity contribution in [1.82, 2.24) is 24.8 Å². The molecule has 0 spiro atoms. The predicted molar refractivity (Wildman–Crippen MR) is 121 cm³/mol. The molecule has 1 aliphatic heterocycles. The fourth-order valence-electron chi connectivity index (χ4n) is 3.57. The van der Waals surface area contributed by atoms with E-state index in [-0.39, 0.29) is 28.5 Å². The van der Waals surface area contributed by atoms with Crippen LogP contribution in [0.2, 0.25) is 0 Å². The largest absolute Gasteiger partial charge is 0.508 e. The number of carboxylic acids is 1. The van der Waals surface area contributed by atoms with Crippen molar-refractivity contribution < 1.29 is 29.6 Å². The second-order valence-corrected chi connectivity index (χ2v) is 8.71. The summed E-state index contributed by atoms with van der Waals surface area (Å²) < 4.78 is 6.90. The lowest BCUT2D eigenvalue weighted by Crippen LogP contribution is -2.54. The fourth-order valence-corrected chi connectivity index (χ4v) is 4.53. The quantitative estimate of drug-likeness (QED) is 0.230. The van der Waals surface area contributed by atoms with Gasteiger partial charge >= 0.3 is 5.97 Å². The minimum atomic E-state index is -1.53. The lowest BCUT2D eigenvalue weighted by Gasteiger charge is -2.22. The second kappa shape index (κ2) is 9.80. The number of nitrogens with one attached hydrogen (secondary N) is 1. The van der Waals surface area contributed by atoms with Gasteiger partial charge in [-0.15, -0.1) is 0 Å². The molecule has 1 saturated heterocycles. The smallest absolute Gasteiger partial charge is 0.335 e. The van der Waals surface area contributed by atoms with E-state index in [4.69, 9.17) is 16.2 Å². The van der Waals surface area contributed by atoms with Crippen molar-refractivity contribution in [2.75, 3.05) is 11.5 Å². The molecule has 3 aromatic rings. The number of fused-ring (bicyclic) bond motifs is 1. The maximum Gasteiger partial charge on any atom is 0.335 e. The summed E-state index contributed by atoms with van der Waals surface area (Å²) in [6.07, 6.45) is -1.64. The third-order valence-corrected chi connectivity index (χ3v) is 6.46. The van der Waals surface area contributed by atoms with Crippen LogP contribution in [0.25, 0.3) is 11.2 Å². The molecule has 14 heteroatoms. The molecule has 0 bridgehead atoms. The Morgan fingerprint density at radius 2 is 1.97 bits per heavy atom. The van der Waals surface area contributed by atoms with Crippen LogP contribution in [0, 0.1) is 0 Å². The predicted octanol–water partition coefficient (Wildman–Crippen LogP) is -0.797. The number of carboxylic acid groups (broad SMARTS) is 1. The van der Waals surface area contributed by atoms with E-state index in [2.05, 4.69) is 20.3 Å². The van der Waals surface area contributed by atoms with Gasteiger partial charge in [-0.1, -0.05) is 12.1 Å². The number of nitrogens with two attached hydrogens (primary N) is 2. The Morgan fingerprint density at radius 1 is 1.24 bits per heavy atom. The number of aromatic nitrogens is 4. The van der Waals surface area contributed by atoms with Crippen LogP contribution in [0.4, 0.5) is 5.82 Å². The number of amides is 1. The zero-order valence-corrected chi connectivity index (χ0v) is 18.5. The van der Waals surface area contributed by atoms with Crippen molar-refractivity contribution in [2.24, 2.45) is 5.73 Å². The average Bonchev–Trinajstić information content (AvgIpc) is 3.37. The molecular weight excluding hydrogens is 466 g/mol. The highest BCUT2D eigenvalue weighted by Gasteiger charge is 2.49. The molecule has 180 valence electrons. The number of ether oxygens (including phenoxy) is 1. The molecule has 5 atom stereocenters. The number of phenolic OH excluding ortho intramolecular Hbond substituents is 1. The number of aromatic hydroxyl groups is 1. The molecule has 13 nitrogen and oxygen atoms in total. The Hall–Kier alpha value is -3.46. The highest BCUT2D eigenvalue weighted by molar-refractivity contribution is 7.98. The van der Waals surface area contributed by atoms with Crippen molar-refractivity contribution in [3.63, 3.8) is 0 Å². The summed E-state index contributed by atoms with van der Waals surface area (Å²) in [6, 6.07) is 4.43. The number of carbonyl (C=O) groups is 2. The van der Waals surface area contributed by atoms with Gasteiger partial charge in [0.25, 0.3) is 0 Å². The maximum absolute atomic E-state index is 12.7. The van der Waals surface area contributed by atoms with Crippen molar-refractivity contribution in [1.29, 1.82) is 0 Å². The van der Waals surface area contributed by atoms with Gasteiger partial charge in [0, 0.05) is 11.5 Å². The van der Waals surface area contributed by atoms with Crippen molar-refractivity contribution in [2.45, 2.75) is 36.3 Å². The molecule has 0 radical (unpaired) electrons. The Bertz CT molecular complexity index is 1190. The Morgan fingerprint density at radius 3 is 2.68 bits per heavy atom. The number of anilines is 1. The van der Waals surface area contributed by atoms with Gasteiger partial charge in [0.1, 0.15) is 23.7 Å². The molecule has 1 unspecified atom stereocenters. The number of carbonyl (C=O) groups excluding carboxylic acids is 1. The third-order valence-electron chi connectivity index (χ3n) is 5.33. The molecule has 1 fully saturated rings. The molecule has 1 aromatic carbocycles. The highest BCUT2D eigenvalue weighted by Crippen LogP contribution is 2.32. The standard InChI is InChI=1S/C20H23N7O6S/c21-11(6-34-5-9-1-3-10(28)4-2-9)18(30)26-12-14(29)19(33-15(12)20(31)32)27-8-25-13-16(22)23-7-24-17(13)27/h1-4,7-8,11-12,14-15,19,28-29H,5-6,21H2,(H,26,30)(H,31,32)(H2,22,23,24)/t11?,12-,14+,15-,19+/m0/s1. The summed E-state index contributed by atoms with van der Waals surface area (Å²) in [5.41, 5.74) is 13.2. The highest BCUT2D eigenvalue weighted by atomic mass is 32.2. The van der Waals surface area contributed by atoms with E-state index in [1.54, 1.807) is 24.3 Å². The molecule has 34 heavy (non-hydrogen) atoms. The van der Waals surface area contributed by atoms with E-state index in [1.807, 2.05) is 0 Å². The minimum Gasteiger partial charge on any atom is -0.508 e. The molecule has 0 aliphatic carbocycles. The lowest BCUT2D eigenvalue weighted by atomic mass is 10.1. The summed E-state index contributed by atoms with van der Waals surface area (Å²) in [6.45, 7) is 0. The first-order chi connectivity index (χ1) is 16.3. The summed E-state index contributed by atoms with van der Waals surface area (Å²) in [5.74, 6) is -0.894. The van der Waals surface area contributed by atoms with Gasteiger partial charge in [-0.2, -0.15) is 11.8 Å².